The molecule has 1 saturated heterocycles. The number of aromatic nitrogens is 3. The van der Waals surface area contributed by atoms with Crippen LogP contribution in [0.5, 0.6) is 5.75 Å². The lowest BCUT2D eigenvalue weighted by Gasteiger charge is -2.35. The number of carbonyl (C=O) groups is 1. The third-order valence-electron chi connectivity index (χ3n) is 5.97. The maximum atomic E-state index is 14.6. The minimum atomic E-state index is -0.593. The standard InChI is InChI=1S/C26H24FN5O3/c1-17-7-8-19-21(14-17)29-24(23-20(27)5-2-6-22(23)33)30-25(19)31-10-12-32(13-11-31)26(34)35-16-18-4-3-9-28-15-18/h2-9,14-15,33H,10-13,16H2,1H3. The number of nitrogens with zero attached hydrogens (tertiary/aromatic N) is 5. The first-order valence-corrected chi connectivity index (χ1v) is 11.3. The van der Waals surface area contributed by atoms with Gasteiger partial charge in [0.2, 0.25) is 0 Å². The van der Waals surface area contributed by atoms with Gasteiger partial charge in [-0.1, -0.05) is 18.2 Å². The normalized spacial score (nSPS) is 13.8. The number of hydrogen-bond donors (Lipinski definition) is 1. The second-order valence-corrected chi connectivity index (χ2v) is 8.42. The largest absolute Gasteiger partial charge is 0.507 e. The molecule has 8 nitrogen and oxygen atoms in total. The van der Waals surface area contributed by atoms with Crippen molar-refractivity contribution in [1.29, 1.82) is 0 Å². The summed E-state index contributed by atoms with van der Waals surface area (Å²) in [6, 6.07) is 13.6. The fourth-order valence-corrected chi connectivity index (χ4v) is 4.13. The van der Waals surface area contributed by atoms with Crippen molar-refractivity contribution in [3.63, 3.8) is 0 Å². The van der Waals surface area contributed by atoms with E-state index in [1.807, 2.05) is 36.1 Å². The van der Waals surface area contributed by atoms with Crippen molar-refractivity contribution >= 4 is 22.8 Å². The molecular weight excluding hydrogens is 449 g/mol. The lowest BCUT2D eigenvalue weighted by molar-refractivity contribution is 0.0941. The van der Waals surface area contributed by atoms with E-state index in [0.29, 0.717) is 37.5 Å². The van der Waals surface area contributed by atoms with E-state index in [0.717, 1.165) is 16.5 Å². The molecule has 0 spiro atoms. The molecule has 9 heteroatoms. The third-order valence-corrected chi connectivity index (χ3v) is 5.97. The summed E-state index contributed by atoms with van der Waals surface area (Å²) in [7, 11) is 0. The number of anilines is 1. The van der Waals surface area contributed by atoms with Crippen molar-refractivity contribution < 1.29 is 19.0 Å². The molecule has 0 radical (unpaired) electrons. The Balaban J connectivity index is 1.38. The Hall–Kier alpha value is -4.27. The van der Waals surface area contributed by atoms with Crippen LogP contribution in [0.2, 0.25) is 0 Å². The zero-order chi connectivity index (χ0) is 24.4. The van der Waals surface area contributed by atoms with Crippen LogP contribution in [0.15, 0.2) is 60.9 Å². The zero-order valence-corrected chi connectivity index (χ0v) is 19.2. The second kappa shape index (κ2) is 9.54. The molecule has 0 aliphatic carbocycles. The highest BCUT2D eigenvalue weighted by Crippen LogP contribution is 2.34. The summed E-state index contributed by atoms with van der Waals surface area (Å²) in [6.45, 7) is 4.05. The molecule has 3 heterocycles. The van der Waals surface area contributed by atoms with Crippen LogP contribution in [0.4, 0.5) is 15.0 Å². The third kappa shape index (κ3) is 4.70. The van der Waals surface area contributed by atoms with Crippen molar-refractivity contribution in [2.45, 2.75) is 13.5 Å². The van der Waals surface area contributed by atoms with Crippen LogP contribution in [0.1, 0.15) is 11.1 Å². The predicted octanol–water partition coefficient (Wildman–Crippen LogP) is 4.30. The number of phenolic OH excluding ortho intramolecular Hbond substituents is 1. The highest BCUT2D eigenvalue weighted by molar-refractivity contribution is 5.92. The molecule has 0 bridgehead atoms. The number of hydrogen-bond acceptors (Lipinski definition) is 7. The lowest BCUT2D eigenvalue weighted by atomic mass is 10.1. The Labute approximate surface area is 201 Å². The van der Waals surface area contributed by atoms with Gasteiger partial charge in [-0.15, -0.1) is 0 Å². The molecule has 1 amide bonds. The predicted molar refractivity (Wildman–Crippen MR) is 130 cm³/mol. The molecule has 2 aromatic carbocycles. The van der Waals surface area contributed by atoms with Gasteiger partial charge in [0.05, 0.1) is 11.1 Å². The SMILES string of the molecule is Cc1ccc2c(N3CCN(C(=O)OCc4cccnc4)CC3)nc(-c3c(O)cccc3F)nc2c1. The smallest absolute Gasteiger partial charge is 0.410 e. The molecule has 35 heavy (non-hydrogen) atoms. The number of aromatic hydroxyl groups is 1. The molecule has 2 aromatic heterocycles. The average Bonchev–Trinajstić information content (AvgIpc) is 2.87. The van der Waals surface area contributed by atoms with Gasteiger partial charge in [-0.05, 0) is 42.8 Å². The highest BCUT2D eigenvalue weighted by Gasteiger charge is 2.26. The molecule has 5 rings (SSSR count). The van der Waals surface area contributed by atoms with E-state index in [-0.39, 0.29) is 29.8 Å². The van der Waals surface area contributed by atoms with Crippen molar-refractivity contribution in [3.8, 4) is 17.1 Å². The number of aryl methyl sites for hydroxylation is 1. The first kappa shape index (κ1) is 22.5. The Morgan fingerprint density at radius 3 is 2.66 bits per heavy atom. The van der Waals surface area contributed by atoms with Crippen molar-refractivity contribution in [2.24, 2.45) is 0 Å². The monoisotopic (exact) mass is 473 g/mol. The van der Waals surface area contributed by atoms with E-state index in [1.54, 1.807) is 23.4 Å². The van der Waals surface area contributed by atoms with E-state index in [4.69, 9.17) is 4.74 Å². The van der Waals surface area contributed by atoms with Gasteiger partial charge in [-0.3, -0.25) is 4.98 Å². The Kier molecular flexibility index (Phi) is 6.13. The summed E-state index contributed by atoms with van der Waals surface area (Å²) in [4.78, 5) is 29.5. The molecule has 178 valence electrons. The quantitative estimate of drug-likeness (QED) is 0.472. The topological polar surface area (TPSA) is 91.7 Å². The maximum absolute atomic E-state index is 14.6. The summed E-state index contributed by atoms with van der Waals surface area (Å²) in [6.07, 6.45) is 2.95. The maximum Gasteiger partial charge on any atom is 0.410 e. The summed E-state index contributed by atoms with van der Waals surface area (Å²) in [5.41, 5.74) is 2.46. The number of piperazine rings is 1. The molecule has 4 aromatic rings. The number of amides is 1. The fraction of sp³-hybridized carbons (Fsp3) is 0.231. The summed E-state index contributed by atoms with van der Waals surface area (Å²) >= 11 is 0. The van der Waals surface area contributed by atoms with Gasteiger partial charge in [-0.2, -0.15) is 0 Å². The van der Waals surface area contributed by atoms with Crippen molar-refractivity contribution in [3.05, 3.63) is 77.9 Å². The zero-order valence-electron chi connectivity index (χ0n) is 19.2. The van der Waals surface area contributed by atoms with Gasteiger partial charge in [0.15, 0.2) is 5.82 Å². The first-order valence-electron chi connectivity index (χ1n) is 11.3. The molecule has 1 aliphatic heterocycles. The Bertz CT molecular complexity index is 1350. The Morgan fingerprint density at radius 1 is 1.09 bits per heavy atom. The molecule has 1 N–H and O–H groups in total. The minimum absolute atomic E-state index is 0.0326. The van der Waals surface area contributed by atoms with Crippen molar-refractivity contribution in [1.82, 2.24) is 19.9 Å². The minimum Gasteiger partial charge on any atom is -0.507 e. The van der Waals surface area contributed by atoms with Gasteiger partial charge < -0.3 is 19.6 Å². The molecule has 1 aliphatic rings. The number of ether oxygens (including phenoxy) is 1. The number of carbonyl (C=O) groups excluding carboxylic acids is 1. The summed E-state index contributed by atoms with van der Waals surface area (Å²) in [5, 5.41) is 11.1. The van der Waals surface area contributed by atoms with Gasteiger partial charge in [-0.25, -0.2) is 19.2 Å². The van der Waals surface area contributed by atoms with Gasteiger partial charge in [0.25, 0.3) is 0 Å². The number of phenols is 1. The average molecular weight is 474 g/mol. The number of rotatable bonds is 4. The van der Waals surface area contributed by atoms with Crippen LogP contribution < -0.4 is 4.90 Å². The van der Waals surface area contributed by atoms with Crippen LogP contribution >= 0.6 is 0 Å². The first-order chi connectivity index (χ1) is 17.0. The molecule has 0 unspecified atom stereocenters. The van der Waals surface area contributed by atoms with Crippen molar-refractivity contribution in [2.75, 3.05) is 31.1 Å². The van der Waals surface area contributed by atoms with E-state index in [2.05, 4.69) is 15.0 Å². The fourth-order valence-electron chi connectivity index (χ4n) is 4.13. The highest BCUT2D eigenvalue weighted by atomic mass is 19.1. The number of pyridine rings is 1. The number of halogens is 1. The molecule has 0 saturated carbocycles. The summed E-state index contributed by atoms with van der Waals surface area (Å²) in [5.74, 6) is -0.0590. The van der Waals surface area contributed by atoms with Gasteiger partial charge in [0, 0.05) is 49.5 Å². The molecular formula is C26H24FN5O3. The molecule has 0 atom stereocenters. The number of fused-ring (bicyclic) bond motifs is 1. The molecule has 1 fully saturated rings. The van der Waals surface area contributed by atoms with E-state index < -0.39 is 5.82 Å². The van der Waals surface area contributed by atoms with E-state index in [9.17, 15) is 14.3 Å². The van der Waals surface area contributed by atoms with E-state index >= 15 is 0 Å². The van der Waals surface area contributed by atoms with Crippen LogP contribution in [0.3, 0.4) is 0 Å². The second-order valence-electron chi connectivity index (χ2n) is 8.42. The van der Waals surface area contributed by atoms with Gasteiger partial charge in [0.1, 0.15) is 24.0 Å². The van der Waals surface area contributed by atoms with Crippen LogP contribution in [-0.4, -0.2) is 57.2 Å². The summed E-state index contributed by atoms with van der Waals surface area (Å²) < 4.78 is 20.0. The lowest BCUT2D eigenvalue weighted by Crippen LogP contribution is -2.49. The van der Waals surface area contributed by atoms with Crippen LogP contribution in [0, 0.1) is 12.7 Å². The van der Waals surface area contributed by atoms with Gasteiger partial charge >= 0.3 is 6.09 Å². The Morgan fingerprint density at radius 2 is 1.91 bits per heavy atom. The van der Waals surface area contributed by atoms with E-state index in [1.165, 1.54) is 18.2 Å². The van der Waals surface area contributed by atoms with Crippen LogP contribution in [0.25, 0.3) is 22.3 Å². The van der Waals surface area contributed by atoms with Crippen LogP contribution in [-0.2, 0) is 11.3 Å². The number of benzene rings is 2.